The third-order valence-corrected chi connectivity index (χ3v) is 2.62. The quantitative estimate of drug-likeness (QED) is 0.875. The van der Waals surface area contributed by atoms with Gasteiger partial charge in [0.25, 0.3) is 0 Å². The van der Waals surface area contributed by atoms with Gasteiger partial charge in [-0.25, -0.2) is 8.78 Å². The molecule has 0 aliphatic heterocycles. The minimum absolute atomic E-state index is 0. The van der Waals surface area contributed by atoms with E-state index >= 15 is 0 Å². The van der Waals surface area contributed by atoms with Crippen molar-refractivity contribution in [1.82, 2.24) is 10.6 Å². The predicted molar refractivity (Wildman–Crippen MR) is 73.3 cm³/mol. The van der Waals surface area contributed by atoms with E-state index in [0.717, 1.165) is 12.1 Å². The molecule has 0 aliphatic carbocycles. The fraction of sp³-hybridized carbons (Fsp3) is 0.462. The summed E-state index contributed by atoms with van der Waals surface area (Å²) in [5.41, 5.74) is 0.563. The second-order valence-corrected chi connectivity index (χ2v) is 4.49. The molecule has 19 heavy (non-hydrogen) atoms. The van der Waals surface area contributed by atoms with E-state index in [1.165, 1.54) is 6.07 Å². The predicted octanol–water partition coefficient (Wildman–Crippen LogP) is 2.42. The molecule has 1 atom stereocenters. The van der Waals surface area contributed by atoms with Crippen LogP contribution in [-0.4, -0.2) is 19.5 Å². The number of hydrogen-bond donors (Lipinski definition) is 2. The van der Waals surface area contributed by atoms with Gasteiger partial charge >= 0.3 is 0 Å². The van der Waals surface area contributed by atoms with Crippen LogP contribution in [0.25, 0.3) is 0 Å². The molecule has 0 saturated heterocycles. The first-order chi connectivity index (χ1) is 8.45. The molecule has 0 bridgehead atoms. The summed E-state index contributed by atoms with van der Waals surface area (Å²) in [4.78, 5) is 11.5. The van der Waals surface area contributed by atoms with E-state index in [1.807, 2.05) is 13.8 Å². The van der Waals surface area contributed by atoms with E-state index in [9.17, 15) is 13.6 Å². The van der Waals surface area contributed by atoms with E-state index in [-0.39, 0.29) is 36.8 Å². The summed E-state index contributed by atoms with van der Waals surface area (Å²) in [5.74, 6) is -1.89. The number of carbonyl (C=O) groups is 1. The molecule has 3 nitrogen and oxygen atoms in total. The first-order valence-electron chi connectivity index (χ1n) is 5.84. The Morgan fingerprint density at radius 1 is 1.26 bits per heavy atom. The van der Waals surface area contributed by atoms with Gasteiger partial charge < -0.3 is 10.6 Å². The molecule has 0 spiro atoms. The summed E-state index contributed by atoms with van der Waals surface area (Å²) in [5, 5.41) is 5.53. The molecular weight excluding hydrogens is 274 g/mol. The van der Waals surface area contributed by atoms with E-state index in [4.69, 9.17) is 0 Å². The molecule has 0 radical (unpaired) electrons. The number of rotatable bonds is 5. The average Bonchev–Trinajstić information content (AvgIpc) is 2.30. The molecule has 1 aromatic rings. The molecule has 1 aromatic carbocycles. The molecule has 0 saturated carbocycles. The van der Waals surface area contributed by atoms with Crippen LogP contribution in [0.5, 0.6) is 0 Å². The maximum absolute atomic E-state index is 13.2. The van der Waals surface area contributed by atoms with Crippen molar-refractivity contribution in [1.29, 1.82) is 0 Å². The van der Waals surface area contributed by atoms with Gasteiger partial charge in [0.15, 0.2) is 11.6 Å². The van der Waals surface area contributed by atoms with Gasteiger partial charge in [0, 0.05) is 0 Å². The highest BCUT2D eigenvalue weighted by atomic mass is 35.5. The molecule has 2 N–H and O–H groups in total. The van der Waals surface area contributed by atoms with Crippen LogP contribution in [0, 0.1) is 17.6 Å². The van der Waals surface area contributed by atoms with Gasteiger partial charge in [0.05, 0.1) is 12.6 Å². The van der Waals surface area contributed by atoms with Crippen molar-refractivity contribution in [2.24, 2.45) is 5.92 Å². The van der Waals surface area contributed by atoms with Crippen molar-refractivity contribution in [2.75, 3.05) is 13.6 Å². The fourth-order valence-corrected chi connectivity index (χ4v) is 1.73. The topological polar surface area (TPSA) is 41.1 Å². The lowest BCUT2D eigenvalue weighted by Gasteiger charge is -2.23. The molecule has 1 unspecified atom stereocenters. The Kier molecular flexibility index (Phi) is 7.56. The Hall–Kier alpha value is -1.20. The van der Waals surface area contributed by atoms with E-state index in [0.29, 0.717) is 5.56 Å². The largest absolute Gasteiger partial charge is 0.348 e. The fourth-order valence-electron chi connectivity index (χ4n) is 1.73. The van der Waals surface area contributed by atoms with Crippen molar-refractivity contribution in [2.45, 2.75) is 19.9 Å². The van der Waals surface area contributed by atoms with Gasteiger partial charge in [-0.05, 0) is 30.7 Å². The number of likely N-dealkylation sites (N-methyl/N-ethyl adjacent to an activating group) is 1. The van der Waals surface area contributed by atoms with Crippen LogP contribution in [-0.2, 0) is 4.79 Å². The second-order valence-electron chi connectivity index (χ2n) is 4.49. The Labute approximate surface area is 118 Å². The first kappa shape index (κ1) is 17.8. The maximum atomic E-state index is 13.2. The molecule has 108 valence electrons. The summed E-state index contributed by atoms with van der Waals surface area (Å²) >= 11 is 0. The first-order valence-corrected chi connectivity index (χ1v) is 5.84. The van der Waals surface area contributed by atoms with Crippen LogP contribution in [0.4, 0.5) is 8.78 Å². The lowest BCUT2D eigenvalue weighted by atomic mass is 9.96. The van der Waals surface area contributed by atoms with Crippen LogP contribution in [0.2, 0.25) is 0 Å². The molecule has 0 fully saturated rings. The zero-order chi connectivity index (χ0) is 13.7. The molecule has 0 aromatic heterocycles. The van der Waals surface area contributed by atoms with Gasteiger partial charge in [-0.2, -0.15) is 0 Å². The highest BCUT2D eigenvalue weighted by Gasteiger charge is 2.19. The van der Waals surface area contributed by atoms with Crippen molar-refractivity contribution in [3.8, 4) is 0 Å². The van der Waals surface area contributed by atoms with Gasteiger partial charge in [-0.1, -0.05) is 19.9 Å². The van der Waals surface area contributed by atoms with E-state index in [2.05, 4.69) is 10.6 Å². The standard InChI is InChI=1S/C13H18F2N2O.ClH/c1-8(2)13(17-12(18)7-16-3)9-4-5-10(14)11(15)6-9;/h4-6,8,13,16H,7H2,1-3H3,(H,17,18);1H. The molecule has 0 aliphatic rings. The normalized spacial score (nSPS) is 11.9. The zero-order valence-corrected chi connectivity index (χ0v) is 12.0. The van der Waals surface area contributed by atoms with Crippen molar-refractivity contribution < 1.29 is 13.6 Å². The van der Waals surface area contributed by atoms with Crippen molar-refractivity contribution in [3.63, 3.8) is 0 Å². The number of halogens is 3. The Morgan fingerprint density at radius 2 is 1.89 bits per heavy atom. The highest BCUT2D eigenvalue weighted by molar-refractivity contribution is 5.85. The number of carbonyl (C=O) groups excluding carboxylic acids is 1. The third-order valence-electron chi connectivity index (χ3n) is 2.62. The Bertz CT molecular complexity index is 427. The van der Waals surface area contributed by atoms with Crippen LogP contribution in [0.3, 0.4) is 0 Å². The van der Waals surface area contributed by atoms with Crippen LogP contribution < -0.4 is 10.6 Å². The SMILES string of the molecule is CNCC(=O)NC(c1ccc(F)c(F)c1)C(C)C.Cl. The summed E-state index contributed by atoms with van der Waals surface area (Å²) in [6.07, 6.45) is 0. The molecule has 0 heterocycles. The molecular formula is C13H19ClF2N2O. The minimum Gasteiger partial charge on any atom is -0.348 e. The maximum Gasteiger partial charge on any atom is 0.234 e. The second kappa shape index (κ2) is 8.07. The lowest BCUT2D eigenvalue weighted by Crippen LogP contribution is -2.37. The molecule has 1 rings (SSSR count). The minimum atomic E-state index is -0.902. The van der Waals surface area contributed by atoms with E-state index < -0.39 is 11.6 Å². The van der Waals surface area contributed by atoms with Gasteiger partial charge in [0.2, 0.25) is 5.91 Å². The Balaban J connectivity index is 0.00000324. The van der Waals surface area contributed by atoms with Gasteiger partial charge in [-0.15, -0.1) is 12.4 Å². The lowest BCUT2D eigenvalue weighted by molar-refractivity contribution is -0.121. The summed E-state index contributed by atoms with van der Waals surface area (Å²) in [6, 6.07) is 3.35. The smallest absolute Gasteiger partial charge is 0.234 e. The average molecular weight is 293 g/mol. The summed E-state index contributed by atoms with van der Waals surface area (Å²) in [7, 11) is 1.67. The Morgan fingerprint density at radius 3 is 2.37 bits per heavy atom. The highest BCUT2D eigenvalue weighted by Crippen LogP contribution is 2.23. The van der Waals surface area contributed by atoms with Crippen LogP contribution in [0.15, 0.2) is 18.2 Å². The zero-order valence-electron chi connectivity index (χ0n) is 11.2. The van der Waals surface area contributed by atoms with Gasteiger partial charge in [0.1, 0.15) is 0 Å². The number of hydrogen-bond acceptors (Lipinski definition) is 2. The third kappa shape index (κ3) is 5.12. The summed E-state index contributed by atoms with van der Waals surface area (Å²) < 4.78 is 26.1. The summed E-state index contributed by atoms with van der Waals surface area (Å²) in [6.45, 7) is 4.00. The van der Waals surface area contributed by atoms with Crippen molar-refractivity contribution in [3.05, 3.63) is 35.4 Å². The molecule has 1 amide bonds. The van der Waals surface area contributed by atoms with Crippen LogP contribution >= 0.6 is 12.4 Å². The molecule has 6 heteroatoms. The van der Waals surface area contributed by atoms with E-state index in [1.54, 1.807) is 7.05 Å². The monoisotopic (exact) mass is 292 g/mol. The number of benzene rings is 1. The number of nitrogens with one attached hydrogen (secondary N) is 2. The number of amides is 1. The van der Waals surface area contributed by atoms with Gasteiger partial charge in [-0.3, -0.25) is 4.79 Å². The van der Waals surface area contributed by atoms with Crippen LogP contribution in [0.1, 0.15) is 25.5 Å². The van der Waals surface area contributed by atoms with Crippen molar-refractivity contribution >= 4 is 18.3 Å².